The van der Waals surface area contributed by atoms with Gasteiger partial charge in [-0.1, -0.05) is 0 Å². The number of hydrogen-bond acceptors (Lipinski definition) is 4. The van der Waals surface area contributed by atoms with Crippen LogP contribution >= 0.6 is 0 Å². The van der Waals surface area contributed by atoms with Crippen LogP contribution in [-0.4, -0.2) is 50.6 Å². The van der Waals surface area contributed by atoms with Crippen molar-refractivity contribution in [3.63, 3.8) is 0 Å². The molecule has 2 aliphatic rings. The van der Waals surface area contributed by atoms with Gasteiger partial charge >= 0.3 is 0 Å². The highest BCUT2D eigenvalue weighted by Crippen LogP contribution is 2.37. The molecule has 1 saturated heterocycles. The third-order valence-electron chi connectivity index (χ3n) is 4.85. The van der Waals surface area contributed by atoms with E-state index in [9.17, 15) is 10.2 Å². The lowest BCUT2D eigenvalue weighted by Crippen LogP contribution is -2.38. The molecule has 2 heterocycles. The molecule has 1 aromatic heterocycles. The van der Waals surface area contributed by atoms with Crippen LogP contribution in [-0.2, 0) is 6.54 Å². The van der Waals surface area contributed by atoms with Gasteiger partial charge in [0.1, 0.15) is 0 Å². The fraction of sp³-hybridized carbons (Fsp3) is 0.786. The van der Waals surface area contributed by atoms with Gasteiger partial charge in [-0.15, -0.1) is 0 Å². The maximum atomic E-state index is 9.77. The largest absolute Gasteiger partial charge is 0.390 e. The number of rotatable bonds is 2. The zero-order chi connectivity index (χ0) is 13.6. The van der Waals surface area contributed by atoms with E-state index < -0.39 is 12.2 Å². The van der Waals surface area contributed by atoms with Crippen molar-refractivity contribution in [1.82, 2.24) is 15.1 Å². The zero-order valence-corrected chi connectivity index (χ0v) is 11.6. The van der Waals surface area contributed by atoms with Crippen LogP contribution in [0.3, 0.4) is 0 Å². The Morgan fingerprint density at radius 1 is 1.16 bits per heavy atom. The van der Waals surface area contributed by atoms with Crippen molar-refractivity contribution in [2.45, 2.75) is 45.4 Å². The highest BCUT2D eigenvalue weighted by Gasteiger charge is 2.41. The summed E-state index contributed by atoms with van der Waals surface area (Å²) in [4.78, 5) is 2.44. The Kier molecular flexibility index (Phi) is 3.37. The quantitative estimate of drug-likeness (QED) is 0.732. The standard InChI is InChI=1S/C14H23N3O2/c1-8-12(9(2)16-15-8)7-17-5-10-3-13(18)14(19)4-11(10)6-17/h10-11,13-14,18-19H,3-7H2,1-2H3,(H,15,16)/t10-,11+,13-,14-/m0/s1. The van der Waals surface area contributed by atoms with Gasteiger partial charge in [-0.3, -0.25) is 10.00 Å². The molecule has 0 radical (unpaired) electrons. The molecule has 5 nitrogen and oxygen atoms in total. The first-order valence-electron chi connectivity index (χ1n) is 7.13. The maximum absolute atomic E-state index is 9.77. The summed E-state index contributed by atoms with van der Waals surface area (Å²) in [6, 6.07) is 0. The van der Waals surface area contributed by atoms with E-state index >= 15 is 0 Å². The van der Waals surface area contributed by atoms with Crippen LogP contribution in [0, 0.1) is 25.7 Å². The van der Waals surface area contributed by atoms with Crippen molar-refractivity contribution >= 4 is 0 Å². The average molecular weight is 265 g/mol. The Balaban J connectivity index is 1.66. The van der Waals surface area contributed by atoms with Gasteiger partial charge in [0.15, 0.2) is 0 Å². The molecule has 0 bridgehead atoms. The van der Waals surface area contributed by atoms with Crippen LogP contribution in [0.4, 0.5) is 0 Å². The van der Waals surface area contributed by atoms with E-state index in [1.54, 1.807) is 0 Å². The maximum Gasteiger partial charge on any atom is 0.0802 e. The lowest BCUT2D eigenvalue weighted by Gasteiger charge is -2.32. The number of aromatic nitrogens is 2. The molecule has 3 N–H and O–H groups in total. The van der Waals surface area contributed by atoms with E-state index in [4.69, 9.17) is 0 Å². The molecule has 5 heteroatoms. The minimum atomic E-state index is -0.529. The highest BCUT2D eigenvalue weighted by molar-refractivity contribution is 5.23. The molecule has 1 aromatic rings. The first kappa shape index (κ1) is 13.1. The van der Waals surface area contributed by atoms with Crippen LogP contribution in [0.25, 0.3) is 0 Å². The summed E-state index contributed by atoms with van der Waals surface area (Å²) in [6.45, 7) is 7.08. The number of hydrogen-bond donors (Lipinski definition) is 3. The van der Waals surface area contributed by atoms with E-state index in [2.05, 4.69) is 22.0 Å². The summed E-state index contributed by atoms with van der Waals surface area (Å²) >= 11 is 0. The Morgan fingerprint density at radius 3 is 2.21 bits per heavy atom. The number of aromatic amines is 1. The number of aryl methyl sites for hydroxylation is 2. The van der Waals surface area contributed by atoms with Crippen LogP contribution in [0.1, 0.15) is 29.8 Å². The smallest absolute Gasteiger partial charge is 0.0802 e. The SMILES string of the molecule is Cc1n[nH]c(C)c1CN1C[C@H]2C[C@H](O)[C@@H](O)C[C@H]2C1. The number of fused-ring (bicyclic) bond motifs is 1. The first-order valence-corrected chi connectivity index (χ1v) is 7.13. The molecule has 0 aromatic carbocycles. The average Bonchev–Trinajstić information content (AvgIpc) is 2.88. The Morgan fingerprint density at radius 2 is 1.74 bits per heavy atom. The first-order chi connectivity index (χ1) is 9.04. The lowest BCUT2D eigenvalue weighted by atomic mass is 9.79. The molecule has 3 rings (SSSR count). The predicted octanol–water partition coefficient (Wildman–Crippen LogP) is 0.590. The second-order valence-electron chi connectivity index (χ2n) is 6.23. The summed E-state index contributed by atoms with van der Waals surface area (Å²) in [7, 11) is 0. The third-order valence-corrected chi connectivity index (χ3v) is 4.85. The minimum absolute atomic E-state index is 0.529. The zero-order valence-electron chi connectivity index (χ0n) is 11.6. The van der Waals surface area contributed by atoms with Gasteiger partial charge in [-0.2, -0.15) is 5.10 Å². The second kappa shape index (κ2) is 4.89. The van der Waals surface area contributed by atoms with Gasteiger partial charge in [-0.25, -0.2) is 0 Å². The monoisotopic (exact) mass is 265 g/mol. The number of H-pyrrole nitrogens is 1. The van der Waals surface area contributed by atoms with Crippen molar-refractivity contribution in [3.8, 4) is 0 Å². The summed E-state index contributed by atoms with van der Waals surface area (Å²) < 4.78 is 0. The Bertz CT molecular complexity index is 422. The van der Waals surface area contributed by atoms with Crippen molar-refractivity contribution in [3.05, 3.63) is 17.0 Å². The molecule has 106 valence electrons. The fourth-order valence-corrected chi connectivity index (χ4v) is 3.66. The Labute approximate surface area is 113 Å². The molecule has 19 heavy (non-hydrogen) atoms. The molecule has 1 aliphatic carbocycles. The number of nitrogens with one attached hydrogen (secondary N) is 1. The number of aliphatic hydroxyl groups excluding tert-OH is 2. The fourth-order valence-electron chi connectivity index (χ4n) is 3.66. The van der Waals surface area contributed by atoms with Crippen molar-refractivity contribution < 1.29 is 10.2 Å². The van der Waals surface area contributed by atoms with Crippen molar-refractivity contribution in [1.29, 1.82) is 0 Å². The van der Waals surface area contributed by atoms with Gasteiger partial charge < -0.3 is 10.2 Å². The van der Waals surface area contributed by atoms with E-state index in [1.165, 1.54) is 5.56 Å². The van der Waals surface area contributed by atoms with Crippen LogP contribution in [0.15, 0.2) is 0 Å². The van der Waals surface area contributed by atoms with Crippen molar-refractivity contribution in [2.24, 2.45) is 11.8 Å². The van der Waals surface area contributed by atoms with E-state index in [-0.39, 0.29) is 0 Å². The molecule has 0 spiro atoms. The minimum Gasteiger partial charge on any atom is -0.390 e. The normalized spacial score (nSPS) is 35.6. The topological polar surface area (TPSA) is 72.4 Å². The summed E-state index contributed by atoms with van der Waals surface area (Å²) in [6.07, 6.45) is 0.425. The van der Waals surface area contributed by atoms with E-state index in [0.29, 0.717) is 11.8 Å². The number of nitrogens with zero attached hydrogens (tertiary/aromatic N) is 2. The van der Waals surface area contributed by atoms with Crippen LogP contribution < -0.4 is 0 Å². The van der Waals surface area contributed by atoms with Crippen LogP contribution in [0.5, 0.6) is 0 Å². The molecular formula is C14H23N3O2. The van der Waals surface area contributed by atoms with E-state index in [1.807, 2.05) is 6.92 Å². The molecule has 1 aliphatic heterocycles. The summed E-state index contributed by atoms with van der Waals surface area (Å²) in [5.41, 5.74) is 3.51. The molecule has 1 saturated carbocycles. The molecule has 2 fully saturated rings. The van der Waals surface area contributed by atoms with Crippen LogP contribution in [0.2, 0.25) is 0 Å². The Hall–Kier alpha value is -0.910. The second-order valence-corrected chi connectivity index (χ2v) is 6.23. The van der Waals surface area contributed by atoms with Crippen molar-refractivity contribution in [2.75, 3.05) is 13.1 Å². The highest BCUT2D eigenvalue weighted by atomic mass is 16.3. The lowest BCUT2D eigenvalue weighted by molar-refractivity contribution is -0.0372. The molecule has 0 unspecified atom stereocenters. The molecule has 4 atom stereocenters. The number of likely N-dealkylation sites (tertiary alicyclic amines) is 1. The van der Waals surface area contributed by atoms with Gasteiger partial charge in [0.05, 0.1) is 17.9 Å². The third kappa shape index (κ3) is 2.42. The molecular weight excluding hydrogens is 242 g/mol. The summed E-state index contributed by atoms with van der Waals surface area (Å²) in [5, 5.41) is 26.8. The predicted molar refractivity (Wildman–Crippen MR) is 71.6 cm³/mol. The summed E-state index contributed by atoms with van der Waals surface area (Å²) in [5.74, 6) is 1.07. The van der Waals surface area contributed by atoms with E-state index in [0.717, 1.165) is 43.9 Å². The van der Waals surface area contributed by atoms with Gasteiger partial charge in [0, 0.05) is 30.9 Å². The number of aliphatic hydroxyl groups is 2. The van der Waals surface area contributed by atoms with Gasteiger partial charge in [-0.05, 0) is 38.5 Å². The van der Waals surface area contributed by atoms with Gasteiger partial charge in [0.25, 0.3) is 0 Å². The van der Waals surface area contributed by atoms with Gasteiger partial charge in [0.2, 0.25) is 0 Å². The molecule has 0 amide bonds.